The maximum absolute atomic E-state index is 12.9. The van der Waals surface area contributed by atoms with Gasteiger partial charge in [-0.1, -0.05) is 83.9 Å². The molecule has 3 aromatic rings. The van der Waals surface area contributed by atoms with Crippen molar-refractivity contribution in [2.45, 2.75) is 0 Å². The van der Waals surface area contributed by atoms with Crippen molar-refractivity contribution in [1.29, 1.82) is 0 Å². The third kappa shape index (κ3) is 4.82. The lowest BCUT2D eigenvalue weighted by molar-refractivity contribution is 0.103. The summed E-state index contributed by atoms with van der Waals surface area (Å²) in [5, 5.41) is 19.5. The molecule has 0 aliphatic heterocycles. The number of ketones is 1. The van der Waals surface area contributed by atoms with Crippen LogP contribution in [0.4, 0.5) is 5.69 Å². The van der Waals surface area contributed by atoms with Crippen molar-refractivity contribution < 1.29 is 9.90 Å². The van der Waals surface area contributed by atoms with Crippen LogP contribution in [0.3, 0.4) is 0 Å². The zero-order valence-electron chi connectivity index (χ0n) is 14.0. The molecule has 0 bridgehead atoms. The van der Waals surface area contributed by atoms with Crippen LogP contribution in [0, 0.1) is 0 Å². The molecule has 3 aromatic carbocycles. The van der Waals surface area contributed by atoms with Crippen molar-refractivity contribution in [3.63, 3.8) is 0 Å². The zero-order chi connectivity index (χ0) is 19.2. The van der Waals surface area contributed by atoms with Crippen molar-refractivity contribution >= 4 is 40.4 Å². The normalized spacial score (nSPS) is 12.1. The van der Waals surface area contributed by atoms with Crippen LogP contribution in [-0.4, -0.2) is 10.9 Å². The molecule has 6 heteroatoms. The van der Waals surface area contributed by atoms with E-state index in [0.29, 0.717) is 26.9 Å². The van der Waals surface area contributed by atoms with Gasteiger partial charge in [0.15, 0.2) is 11.5 Å². The van der Waals surface area contributed by atoms with E-state index in [0.717, 1.165) is 0 Å². The Labute approximate surface area is 166 Å². The number of Topliss-reactive ketones (excluding diaryl/α,β-unsaturated/α-hetero) is 1. The van der Waals surface area contributed by atoms with E-state index in [1.807, 2.05) is 6.07 Å². The average molecular weight is 397 g/mol. The standard InChI is InChI=1S/C21H14Cl2N2O2/c22-16-11-17(23)13-18(12-16)24-25-19(20(26)14-7-3-1-4-8-14)21(27)15-9-5-2-6-10-15/h1-13,26H/b20-19+,25-24?. The quantitative estimate of drug-likeness (QED) is 0.221. The minimum atomic E-state index is -0.450. The maximum atomic E-state index is 12.9. The second kappa shape index (κ2) is 8.62. The SMILES string of the molecule is O=C(/C(N=Nc1cc(Cl)cc(Cl)c1)=C(\O)c1ccccc1)c1ccccc1. The summed E-state index contributed by atoms with van der Waals surface area (Å²) in [5.74, 6) is -0.713. The van der Waals surface area contributed by atoms with E-state index in [2.05, 4.69) is 10.2 Å². The number of aliphatic hydroxyl groups excluding tert-OH is 1. The van der Waals surface area contributed by atoms with Gasteiger partial charge < -0.3 is 5.11 Å². The predicted octanol–water partition coefficient (Wildman–Crippen LogP) is 6.89. The summed E-state index contributed by atoms with van der Waals surface area (Å²) in [4.78, 5) is 12.9. The number of halogens is 2. The first-order chi connectivity index (χ1) is 13.0. The van der Waals surface area contributed by atoms with Gasteiger partial charge in [-0.15, -0.1) is 5.11 Å². The third-order valence-corrected chi connectivity index (χ3v) is 4.07. The van der Waals surface area contributed by atoms with E-state index in [1.54, 1.807) is 72.8 Å². The molecule has 3 rings (SSSR count). The number of benzene rings is 3. The highest BCUT2D eigenvalue weighted by Crippen LogP contribution is 2.27. The highest BCUT2D eigenvalue weighted by atomic mass is 35.5. The summed E-state index contributed by atoms with van der Waals surface area (Å²) in [6.45, 7) is 0. The molecule has 0 aliphatic rings. The van der Waals surface area contributed by atoms with E-state index in [4.69, 9.17) is 23.2 Å². The first-order valence-corrected chi connectivity index (χ1v) is 8.76. The van der Waals surface area contributed by atoms with Gasteiger partial charge >= 0.3 is 0 Å². The van der Waals surface area contributed by atoms with Crippen molar-refractivity contribution in [3.05, 3.63) is 106 Å². The number of carbonyl (C=O) groups is 1. The Morgan fingerprint density at radius 3 is 1.85 bits per heavy atom. The maximum Gasteiger partial charge on any atom is 0.217 e. The summed E-state index contributed by atoms with van der Waals surface area (Å²) < 4.78 is 0. The molecule has 1 N–H and O–H groups in total. The first kappa shape index (κ1) is 18.8. The van der Waals surface area contributed by atoms with E-state index in [1.165, 1.54) is 0 Å². The van der Waals surface area contributed by atoms with Crippen LogP contribution in [0.15, 0.2) is 94.8 Å². The molecule has 0 aliphatic carbocycles. The molecular weight excluding hydrogens is 383 g/mol. The van der Waals surface area contributed by atoms with Gasteiger partial charge in [-0.2, -0.15) is 5.11 Å². The number of azo groups is 1. The predicted molar refractivity (Wildman–Crippen MR) is 108 cm³/mol. The molecule has 27 heavy (non-hydrogen) atoms. The van der Waals surface area contributed by atoms with Gasteiger partial charge in [0.2, 0.25) is 5.78 Å². The van der Waals surface area contributed by atoms with E-state index in [-0.39, 0.29) is 11.5 Å². The largest absolute Gasteiger partial charge is 0.505 e. The minimum absolute atomic E-state index is 0.177. The Kier molecular flexibility index (Phi) is 6.01. The topological polar surface area (TPSA) is 62.0 Å². The van der Waals surface area contributed by atoms with E-state index >= 15 is 0 Å². The fourth-order valence-electron chi connectivity index (χ4n) is 2.36. The molecule has 0 radical (unpaired) electrons. The lowest BCUT2D eigenvalue weighted by Crippen LogP contribution is -2.04. The van der Waals surface area contributed by atoms with Crippen LogP contribution in [0.5, 0.6) is 0 Å². The van der Waals surface area contributed by atoms with Crippen molar-refractivity contribution in [3.8, 4) is 0 Å². The van der Waals surface area contributed by atoms with Gasteiger partial charge in [0, 0.05) is 21.2 Å². The number of carbonyl (C=O) groups excluding carboxylic acids is 1. The molecule has 0 fully saturated rings. The molecule has 134 valence electrons. The van der Waals surface area contributed by atoms with Crippen molar-refractivity contribution in [2.75, 3.05) is 0 Å². The lowest BCUT2D eigenvalue weighted by atomic mass is 10.1. The Hall–Kier alpha value is -2.95. The van der Waals surface area contributed by atoms with E-state index < -0.39 is 5.78 Å². The second-order valence-electron chi connectivity index (χ2n) is 5.59. The molecule has 0 atom stereocenters. The number of allylic oxidation sites excluding steroid dienone is 1. The van der Waals surface area contributed by atoms with Crippen molar-refractivity contribution in [2.24, 2.45) is 10.2 Å². The molecule has 0 heterocycles. The summed E-state index contributed by atoms with van der Waals surface area (Å²) >= 11 is 11.9. The zero-order valence-corrected chi connectivity index (χ0v) is 15.5. The lowest BCUT2D eigenvalue weighted by Gasteiger charge is -2.06. The Bertz CT molecular complexity index is 997. The summed E-state index contributed by atoms with van der Waals surface area (Å²) in [5.41, 5.74) is 1.04. The molecule has 0 amide bonds. The Morgan fingerprint density at radius 1 is 0.778 bits per heavy atom. The van der Waals surface area contributed by atoms with Crippen LogP contribution in [0.2, 0.25) is 10.0 Å². The fraction of sp³-hybridized carbons (Fsp3) is 0. The number of hydrogen-bond acceptors (Lipinski definition) is 4. The number of nitrogens with zero attached hydrogens (tertiary/aromatic N) is 2. The van der Waals surface area contributed by atoms with Gasteiger partial charge in [-0.3, -0.25) is 4.79 Å². The van der Waals surface area contributed by atoms with Crippen LogP contribution in [0.25, 0.3) is 5.76 Å². The molecule has 0 saturated heterocycles. The third-order valence-electron chi connectivity index (χ3n) is 3.64. The van der Waals surface area contributed by atoms with E-state index in [9.17, 15) is 9.90 Å². The Morgan fingerprint density at radius 2 is 1.30 bits per heavy atom. The highest BCUT2D eigenvalue weighted by molar-refractivity contribution is 6.35. The molecule has 4 nitrogen and oxygen atoms in total. The molecule has 0 saturated carbocycles. The monoisotopic (exact) mass is 396 g/mol. The number of rotatable bonds is 5. The van der Waals surface area contributed by atoms with Gasteiger partial charge in [0.05, 0.1) is 5.69 Å². The minimum Gasteiger partial charge on any atom is -0.505 e. The van der Waals surface area contributed by atoms with Crippen LogP contribution in [-0.2, 0) is 0 Å². The summed E-state index contributed by atoms with van der Waals surface area (Å²) in [6.07, 6.45) is 0. The Balaban J connectivity index is 2.07. The first-order valence-electron chi connectivity index (χ1n) is 8.01. The fourth-order valence-corrected chi connectivity index (χ4v) is 2.88. The van der Waals surface area contributed by atoms with Gasteiger partial charge in [0.25, 0.3) is 0 Å². The van der Waals surface area contributed by atoms with Crippen molar-refractivity contribution in [1.82, 2.24) is 0 Å². The van der Waals surface area contributed by atoms with Crippen LogP contribution >= 0.6 is 23.2 Å². The van der Waals surface area contributed by atoms with Gasteiger partial charge in [-0.05, 0) is 18.2 Å². The smallest absolute Gasteiger partial charge is 0.217 e. The number of aliphatic hydroxyl groups is 1. The van der Waals surface area contributed by atoms with Crippen LogP contribution in [0.1, 0.15) is 15.9 Å². The average Bonchev–Trinajstić information content (AvgIpc) is 2.68. The highest BCUT2D eigenvalue weighted by Gasteiger charge is 2.18. The molecule has 0 spiro atoms. The molecule has 0 unspecified atom stereocenters. The summed E-state index contributed by atoms with van der Waals surface area (Å²) in [6, 6.07) is 21.9. The van der Waals surface area contributed by atoms with Gasteiger partial charge in [0.1, 0.15) is 0 Å². The molecule has 0 aromatic heterocycles. The van der Waals surface area contributed by atoms with Crippen LogP contribution < -0.4 is 0 Å². The summed E-state index contributed by atoms with van der Waals surface area (Å²) in [7, 11) is 0. The number of hydrogen-bond donors (Lipinski definition) is 1. The molecular formula is C21H14Cl2N2O2. The van der Waals surface area contributed by atoms with Gasteiger partial charge in [-0.25, -0.2) is 0 Å². The second-order valence-corrected chi connectivity index (χ2v) is 6.46.